The summed E-state index contributed by atoms with van der Waals surface area (Å²) in [4.78, 5) is 22.0. The molecule has 0 aliphatic rings. The highest BCUT2D eigenvalue weighted by molar-refractivity contribution is 5.95. The second-order valence-electron chi connectivity index (χ2n) is 2.54. The molecule has 0 bridgehead atoms. The number of ether oxygens (including phenoxy) is 2. The number of hydrogen-bond acceptors (Lipinski definition) is 4. The van der Waals surface area contributed by atoms with Crippen molar-refractivity contribution in [3.8, 4) is 0 Å². The standard InChI is InChI=1S/C10H14O4/c1-5-8(10(12)14-4)7(2)6-9(11)13-3/h5-6H,1-4H3/b7-6+,8-5-. The highest BCUT2D eigenvalue weighted by atomic mass is 16.5. The Morgan fingerprint density at radius 3 is 2.07 bits per heavy atom. The lowest BCUT2D eigenvalue weighted by molar-refractivity contribution is -0.135. The number of esters is 2. The van der Waals surface area contributed by atoms with E-state index in [9.17, 15) is 9.59 Å². The van der Waals surface area contributed by atoms with Gasteiger partial charge in [-0.15, -0.1) is 0 Å². The molecule has 0 aromatic heterocycles. The summed E-state index contributed by atoms with van der Waals surface area (Å²) in [7, 11) is 2.57. The number of methoxy groups -OCH3 is 2. The third-order valence-corrected chi connectivity index (χ3v) is 1.65. The fraction of sp³-hybridized carbons (Fsp3) is 0.400. The van der Waals surface area contributed by atoms with Gasteiger partial charge in [-0.3, -0.25) is 0 Å². The van der Waals surface area contributed by atoms with Crippen LogP contribution in [0.3, 0.4) is 0 Å². The van der Waals surface area contributed by atoms with Crippen molar-refractivity contribution >= 4 is 11.9 Å². The smallest absolute Gasteiger partial charge is 0.337 e. The minimum absolute atomic E-state index is 0.359. The van der Waals surface area contributed by atoms with Crippen LogP contribution in [0.15, 0.2) is 23.3 Å². The van der Waals surface area contributed by atoms with E-state index in [0.29, 0.717) is 11.1 Å². The maximum absolute atomic E-state index is 11.2. The Kier molecular flexibility index (Phi) is 5.29. The van der Waals surface area contributed by atoms with Crippen LogP contribution in [0, 0.1) is 0 Å². The molecule has 0 aliphatic carbocycles. The zero-order chi connectivity index (χ0) is 11.1. The van der Waals surface area contributed by atoms with Gasteiger partial charge in [-0.05, 0) is 19.4 Å². The van der Waals surface area contributed by atoms with Crippen LogP contribution in [0.2, 0.25) is 0 Å². The lowest BCUT2D eigenvalue weighted by Gasteiger charge is -2.04. The third-order valence-electron chi connectivity index (χ3n) is 1.65. The van der Waals surface area contributed by atoms with E-state index in [1.165, 1.54) is 20.3 Å². The van der Waals surface area contributed by atoms with Crippen LogP contribution in [0.4, 0.5) is 0 Å². The number of allylic oxidation sites excluding steroid dienone is 1. The van der Waals surface area contributed by atoms with E-state index < -0.39 is 11.9 Å². The van der Waals surface area contributed by atoms with Crippen molar-refractivity contribution in [1.29, 1.82) is 0 Å². The molecule has 0 heterocycles. The van der Waals surface area contributed by atoms with Crippen LogP contribution in [0.1, 0.15) is 13.8 Å². The van der Waals surface area contributed by atoms with Gasteiger partial charge in [-0.2, -0.15) is 0 Å². The van der Waals surface area contributed by atoms with Crippen molar-refractivity contribution in [2.45, 2.75) is 13.8 Å². The molecule has 14 heavy (non-hydrogen) atoms. The topological polar surface area (TPSA) is 52.6 Å². The van der Waals surface area contributed by atoms with Crippen molar-refractivity contribution in [3.05, 3.63) is 23.3 Å². The zero-order valence-corrected chi connectivity index (χ0v) is 8.79. The van der Waals surface area contributed by atoms with Gasteiger partial charge in [0.25, 0.3) is 0 Å². The summed E-state index contributed by atoms with van der Waals surface area (Å²) in [6, 6.07) is 0. The molecule has 0 saturated heterocycles. The third kappa shape index (κ3) is 3.43. The molecule has 0 aromatic rings. The maximum atomic E-state index is 11.2. The molecular weight excluding hydrogens is 184 g/mol. The van der Waals surface area contributed by atoms with E-state index in [-0.39, 0.29) is 0 Å². The molecule has 0 radical (unpaired) electrons. The molecule has 0 rings (SSSR count). The zero-order valence-electron chi connectivity index (χ0n) is 8.79. The predicted octanol–water partition coefficient (Wildman–Crippen LogP) is 1.22. The predicted molar refractivity (Wildman–Crippen MR) is 51.5 cm³/mol. The molecule has 0 atom stereocenters. The molecule has 0 N–H and O–H groups in total. The highest BCUT2D eigenvalue weighted by Gasteiger charge is 2.11. The fourth-order valence-corrected chi connectivity index (χ4v) is 0.930. The largest absolute Gasteiger partial charge is 0.466 e. The van der Waals surface area contributed by atoms with E-state index in [1.807, 2.05) is 0 Å². The maximum Gasteiger partial charge on any atom is 0.337 e. The quantitative estimate of drug-likeness (QED) is 0.389. The fourth-order valence-electron chi connectivity index (χ4n) is 0.930. The molecule has 0 spiro atoms. The van der Waals surface area contributed by atoms with Crippen molar-refractivity contribution in [2.24, 2.45) is 0 Å². The summed E-state index contributed by atoms with van der Waals surface area (Å²) in [5.41, 5.74) is 0.879. The molecule has 0 fully saturated rings. The monoisotopic (exact) mass is 198 g/mol. The average molecular weight is 198 g/mol. The number of carbonyl (C=O) groups excluding carboxylic acids is 2. The first kappa shape index (κ1) is 12.4. The second-order valence-corrected chi connectivity index (χ2v) is 2.54. The normalized spacial score (nSPS) is 12.3. The van der Waals surface area contributed by atoms with Crippen molar-refractivity contribution in [2.75, 3.05) is 14.2 Å². The molecule has 0 aromatic carbocycles. The van der Waals surface area contributed by atoms with E-state index in [0.717, 1.165) is 0 Å². The average Bonchev–Trinajstić information content (AvgIpc) is 2.18. The summed E-state index contributed by atoms with van der Waals surface area (Å²) in [5.74, 6) is -0.962. The molecule has 0 amide bonds. The van der Waals surface area contributed by atoms with E-state index in [1.54, 1.807) is 19.9 Å². The van der Waals surface area contributed by atoms with Gasteiger partial charge in [0.15, 0.2) is 0 Å². The molecular formula is C10H14O4. The first-order valence-electron chi connectivity index (χ1n) is 4.08. The molecule has 78 valence electrons. The molecule has 4 heteroatoms. The van der Waals surface area contributed by atoms with Crippen molar-refractivity contribution < 1.29 is 19.1 Å². The molecule has 0 aliphatic heterocycles. The van der Waals surface area contributed by atoms with Crippen LogP contribution in [-0.2, 0) is 19.1 Å². The Balaban J connectivity index is 4.81. The molecule has 0 saturated carbocycles. The van der Waals surface area contributed by atoms with Crippen LogP contribution in [-0.4, -0.2) is 26.2 Å². The van der Waals surface area contributed by atoms with Crippen molar-refractivity contribution in [1.82, 2.24) is 0 Å². The summed E-state index contributed by atoms with van der Waals surface area (Å²) in [6.45, 7) is 3.34. The lowest BCUT2D eigenvalue weighted by atomic mass is 10.1. The van der Waals surface area contributed by atoms with Gasteiger partial charge in [0.1, 0.15) is 0 Å². The highest BCUT2D eigenvalue weighted by Crippen LogP contribution is 2.10. The Morgan fingerprint density at radius 1 is 1.14 bits per heavy atom. The van der Waals surface area contributed by atoms with E-state index in [4.69, 9.17) is 0 Å². The van der Waals surface area contributed by atoms with E-state index in [2.05, 4.69) is 9.47 Å². The molecule has 4 nitrogen and oxygen atoms in total. The number of hydrogen-bond donors (Lipinski definition) is 0. The van der Waals surface area contributed by atoms with Gasteiger partial charge in [0.05, 0.1) is 19.8 Å². The Labute approximate surface area is 83.2 Å². The van der Waals surface area contributed by atoms with Gasteiger partial charge in [-0.25, -0.2) is 9.59 Å². The van der Waals surface area contributed by atoms with Crippen LogP contribution >= 0.6 is 0 Å². The van der Waals surface area contributed by atoms with Gasteiger partial charge < -0.3 is 9.47 Å². The van der Waals surface area contributed by atoms with Crippen LogP contribution < -0.4 is 0 Å². The Morgan fingerprint density at radius 2 is 1.71 bits per heavy atom. The summed E-state index contributed by atoms with van der Waals surface area (Å²) >= 11 is 0. The van der Waals surface area contributed by atoms with E-state index >= 15 is 0 Å². The first-order chi connectivity index (χ1) is 6.56. The first-order valence-corrected chi connectivity index (χ1v) is 4.08. The minimum Gasteiger partial charge on any atom is -0.466 e. The SMILES string of the molecule is C/C=C(C(=O)OC)/C(C)=C/C(=O)OC. The summed E-state index contributed by atoms with van der Waals surface area (Å²) in [6.07, 6.45) is 2.83. The number of rotatable bonds is 3. The van der Waals surface area contributed by atoms with Crippen LogP contribution in [0.25, 0.3) is 0 Å². The summed E-state index contributed by atoms with van der Waals surface area (Å²) in [5, 5.41) is 0. The number of carbonyl (C=O) groups is 2. The van der Waals surface area contributed by atoms with Crippen LogP contribution in [0.5, 0.6) is 0 Å². The Bertz CT molecular complexity index is 286. The molecule has 0 unspecified atom stereocenters. The summed E-state index contributed by atoms with van der Waals surface area (Å²) < 4.78 is 8.97. The second kappa shape index (κ2) is 5.96. The van der Waals surface area contributed by atoms with Gasteiger partial charge in [0, 0.05) is 6.08 Å². The van der Waals surface area contributed by atoms with Gasteiger partial charge in [0.2, 0.25) is 0 Å². The van der Waals surface area contributed by atoms with Crippen molar-refractivity contribution in [3.63, 3.8) is 0 Å². The Hall–Kier alpha value is -1.58. The minimum atomic E-state index is -0.495. The van der Waals surface area contributed by atoms with Gasteiger partial charge >= 0.3 is 11.9 Å². The lowest BCUT2D eigenvalue weighted by Crippen LogP contribution is -2.07. The van der Waals surface area contributed by atoms with Gasteiger partial charge in [-0.1, -0.05) is 6.08 Å².